The van der Waals surface area contributed by atoms with E-state index in [2.05, 4.69) is 0 Å². The van der Waals surface area contributed by atoms with Crippen molar-refractivity contribution in [2.75, 3.05) is 27.0 Å². The highest BCUT2D eigenvalue weighted by Gasteiger charge is 2.54. The summed E-state index contributed by atoms with van der Waals surface area (Å²) in [4.78, 5) is 54.1. The number of hydrogen-bond donors (Lipinski definition) is 0. The molecule has 0 saturated carbocycles. The van der Waals surface area contributed by atoms with Gasteiger partial charge in [0.2, 0.25) is 24.5 Å². The molecule has 0 aromatic heterocycles. The van der Waals surface area contributed by atoms with Crippen molar-refractivity contribution in [3.8, 4) is 11.5 Å². The summed E-state index contributed by atoms with van der Waals surface area (Å²) < 4.78 is 15.6. The van der Waals surface area contributed by atoms with E-state index < -0.39 is 23.2 Å². The Bertz CT molecular complexity index is 1120. The summed E-state index contributed by atoms with van der Waals surface area (Å²) in [7, 11) is 1.48. The van der Waals surface area contributed by atoms with Crippen molar-refractivity contribution in [1.82, 2.24) is 9.80 Å². The van der Waals surface area contributed by atoms with Gasteiger partial charge in [-0.15, -0.1) is 0 Å². The molecule has 3 amide bonds. The van der Waals surface area contributed by atoms with Gasteiger partial charge in [-0.3, -0.25) is 24.1 Å². The molecule has 2 aliphatic rings. The van der Waals surface area contributed by atoms with Gasteiger partial charge in [-0.05, 0) is 30.2 Å². The zero-order chi connectivity index (χ0) is 24.3. The van der Waals surface area contributed by atoms with Crippen molar-refractivity contribution in [2.45, 2.75) is 31.7 Å². The summed E-state index contributed by atoms with van der Waals surface area (Å²) in [5.74, 6) is -0.613. The fourth-order valence-corrected chi connectivity index (χ4v) is 4.29. The Balaban J connectivity index is 1.59. The third-order valence-corrected chi connectivity index (χ3v) is 6.06. The van der Waals surface area contributed by atoms with Crippen molar-refractivity contribution in [1.29, 1.82) is 0 Å². The summed E-state index contributed by atoms with van der Waals surface area (Å²) in [6.45, 7) is 1.83. The van der Waals surface area contributed by atoms with Gasteiger partial charge in [-0.25, -0.2) is 0 Å². The van der Waals surface area contributed by atoms with Gasteiger partial charge in [-0.1, -0.05) is 36.4 Å². The Morgan fingerprint density at radius 1 is 1.09 bits per heavy atom. The van der Waals surface area contributed by atoms with Gasteiger partial charge in [0.05, 0.1) is 18.6 Å². The maximum absolute atomic E-state index is 13.7. The molecule has 2 aliphatic heterocycles. The van der Waals surface area contributed by atoms with Gasteiger partial charge in [0.1, 0.15) is 6.54 Å². The number of amides is 3. The number of hydrogen-bond acceptors (Lipinski definition) is 7. The fraction of sp³-hybridized carbons (Fsp3) is 0.360. The van der Waals surface area contributed by atoms with E-state index in [1.54, 1.807) is 55.5 Å². The van der Waals surface area contributed by atoms with Crippen LogP contribution in [0.4, 0.5) is 0 Å². The van der Waals surface area contributed by atoms with Crippen LogP contribution in [0, 0.1) is 0 Å². The predicted molar refractivity (Wildman–Crippen MR) is 120 cm³/mol. The first kappa shape index (κ1) is 23.3. The second-order valence-corrected chi connectivity index (χ2v) is 8.33. The summed E-state index contributed by atoms with van der Waals surface area (Å²) >= 11 is 0. The number of carbonyl (C=O) groups excluding carboxylic acids is 4. The third kappa shape index (κ3) is 4.46. The summed E-state index contributed by atoms with van der Waals surface area (Å²) in [5.41, 5.74) is -0.0608. The van der Waals surface area contributed by atoms with Gasteiger partial charge < -0.3 is 19.1 Å². The van der Waals surface area contributed by atoms with Gasteiger partial charge in [0, 0.05) is 19.9 Å². The van der Waals surface area contributed by atoms with E-state index in [-0.39, 0.29) is 45.2 Å². The zero-order valence-electron chi connectivity index (χ0n) is 19.1. The zero-order valence-corrected chi connectivity index (χ0v) is 19.1. The third-order valence-electron chi connectivity index (χ3n) is 6.06. The molecule has 9 heteroatoms. The predicted octanol–water partition coefficient (Wildman–Crippen LogP) is 2.02. The van der Waals surface area contributed by atoms with Crippen LogP contribution in [0.25, 0.3) is 0 Å². The van der Waals surface area contributed by atoms with E-state index in [9.17, 15) is 19.2 Å². The lowest BCUT2D eigenvalue weighted by Gasteiger charge is -2.29. The van der Waals surface area contributed by atoms with E-state index in [1.165, 1.54) is 16.8 Å². The average Bonchev–Trinajstić information content (AvgIpc) is 3.38. The van der Waals surface area contributed by atoms with Crippen LogP contribution in [-0.4, -0.2) is 60.5 Å². The molecule has 1 saturated heterocycles. The lowest BCUT2D eigenvalue weighted by Crippen LogP contribution is -2.43. The smallest absolute Gasteiger partial charge is 0.325 e. The molecule has 2 heterocycles. The van der Waals surface area contributed by atoms with Crippen LogP contribution < -0.4 is 9.47 Å². The molecule has 2 aromatic rings. The second kappa shape index (κ2) is 9.54. The highest BCUT2D eigenvalue weighted by Crippen LogP contribution is 2.41. The number of benzene rings is 2. The number of esters is 1. The number of likely N-dealkylation sites (tertiary alicyclic amines) is 1. The molecule has 0 spiro atoms. The quantitative estimate of drug-likeness (QED) is 0.433. The van der Waals surface area contributed by atoms with Gasteiger partial charge in [0.25, 0.3) is 0 Å². The minimum absolute atomic E-state index is 0.0513. The molecule has 9 nitrogen and oxygen atoms in total. The molecule has 0 N–H and O–H groups in total. The first-order valence-corrected chi connectivity index (χ1v) is 11.0. The Labute approximate surface area is 197 Å². The molecule has 2 aromatic carbocycles. The van der Waals surface area contributed by atoms with Crippen LogP contribution in [0.5, 0.6) is 11.5 Å². The maximum atomic E-state index is 13.7. The monoisotopic (exact) mass is 466 g/mol. The topological polar surface area (TPSA) is 102 Å². The van der Waals surface area contributed by atoms with Crippen molar-refractivity contribution in [3.63, 3.8) is 0 Å². The lowest BCUT2D eigenvalue weighted by atomic mass is 9.75. The summed E-state index contributed by atoms with van der Waals surface area (Å²) in [5, 5.41) is 0. The standard InChI is InChI=1S/C25H26N2O7/c1-3-32-23(30)15-26(2)21(28)12-25(18-7-5-4-6-8-18)13-22(29)27(24(25)31)14-17-9-10-19-20(11-17)34-16-33-19/h4-11H,3,12-16H2,1-2H3. The summed E-state index contributed by atoms with van der Waals surface area (Å²) in [6.07, 6.45) is -0.380. The highest BCUT2D eigenvalue weighted by molar-refractivity contribution is 6.10. The largest absolute Gasteiger partial charge is 0.465 e. The van der Waals surface area contributed by atoms with Crippen molar-refractivity contribution in [2.24, 2.45) is 0 Å². The van der Waals surface area contributed by atoms with Crippen molar-refractivity contribution < 1.29 is 33.4 Å². The first-order valence-electron chi connectivity index (χ1n) is 11.0. The Morgan fingerprint density at radius 2 is 1.82 bits per heavy atom. The molecule has 0 bridgehead atoms. The molecule has 1 unspecified atom stereocenters. The van der Waals surface area contributed by atoms with Crippen LogP contribution in [0.3, 0.4) is 0 Å². The van der Waals surface area contributed by atoms with Crippen LogP contribution in [0.1, 0.15) is 30.9 Å². The van der Waals surface area contributed by atoms with Crippen LogP contribution in [0.2, 0.25) is 0 Å². The Kier molecular flexibility index (Phi) is 6.54. The number of likely N-dealkylation sites (N-methyl/N-ethyl adjacent to an activating group) is 1. The second-order valence-electron chi connectivity index (χ2n) is 8.33. The summed E-state index contributed by atoms with van der Waals surface area (Å²) in [6, 6.07) is 14.1. The van der Waals surface area contributed by atoms with Gasteiger partial charge in [0.15, 0.2) is 11.5 Å². The SMILES string of the molecule is CCOC(=O)CN(C)C(=O)CC1(c2ccccc2)CC(=O)N(Cc2ccc3c(c2)OCO3)C1=O. The molecule has 0 aliphatic carbocycles. The average molecular weight is 466 g/mol. The molecular weight excluding hydrogens is 440 g/mol. The number of ether oxygens (including phenoxy) is 3. The maximum Gasteiger partial charge on any atom is 0.325 e. The van der Waals surface area contributed by atoms with Crippen molar-refractivity contribution >= 4 is 23.7 Å². The van der Waals surface area contributed by atoms with E-state index in [0.717, 1.165) is 0 Å². The highest BCUT2D eigenvalue weighted by atomic mass is 16.7. The molecule has 4 rings (SSSR count). The number of rotatable bonds is 8. The first-order chi connectivity index (χ1) is 16.3. The lowest BCUT2D eigenvalue weighted by molar-refractivity contribution is -0.149. The number of nitrogens with zero attached hydrogens (tertiary/aromatic N) is 2. The fourth-order valence-electron chi connectivity index (χ4n) is 4.29. The van der Waals surface area contributed by atoms with Crippen LogP contribution in [-0.2, 0) is 35.9 Å². The number of imide groups is 1. The Hall–Kier alpha value is -3.88. The van der Waals surface area contributed by atoms with E-state index >= 15 is 0 Å². The van der Waals surface area contributed by atoms with Gasteiger partial charge in [-0.2, -0.15) is 0 Å². The van der Waals surface area contributed by atoms with E-state index in [4.69, 9.17) is 14.2 Å². The van der Waals surface area contributed by atoms with Crippen LogP contribution >= 0.6 is 0 Å². The van der Waals surface area contributed by atoms with Gasteiger partial charge >= 0.3 is 5.97 Å². The number of fused-ring (bicyclic) bond motifs is 1. The molecule has 1 atom stereocenters. The van der Waals surface area contributed by atoms with E-state index in [0.29, 0.717) is 22.6 Å². The Morgan fingerprint density at radius 3 is 2.56 bits per heavy atom. The molecule has 34 heavy (non-hydrogen) atoms. The molecule has 178 valence electrons. The minimum Gasteiger partial charge on any atom is -0.465 e. The number of carbonyl (C=O) groups is 4. The minimum atomic E-state index is -1.35. The molecular formula is C25H26N2O7. The normalized spacial score (nSPS) is 18.8. The molecule has 1 fully saturated rings. The van der Waals surface area contributed by atoms with Crippen molar-refractivity contribution in [3.05, 3.63) is 59.7 Å². The molecule has 0 radical (unpaired) electrons. The van der Waals surface area contributed by atoms with E-state index in [1.807, 2.05) is 0 Å². The van der Waals surface area contributed by atoms with Crippen LogP contribution in [0.15, 0.2) is 48.5 Å².